The number of nitrogens with zero attached hydrogens (tertiary/aromatic N) is 2. The highest BCUT2D eigenvalue weighted by Gasteiger charge is 2.67. The fourth-order valence-corrected chi connectivity index (χ4v) is 11.5. The van der Waals surface area contributed by atoms with Crippen molar-refractivity contribution in [2.45, 2.75) is 75.5 Å². The molecule has 3 N–H and O–H groups in total. The van der Waals surface area contributed by atoms with Gasteiger partial charge in [-0.05, 0) is 73.5 Å². The molecule has 12 heteroatoms. The molecule has 262 valence electrons. The molecule has 3 aromatic carbocycles. The van der Waals surface area contributed by atoms with Gasteiger partial charge in [0.25, 0.3) is 5.91 Å². The molecule has 3 aliphatic heterocycles. The number of carbonyl (C=O) groups is 3. The number of aliphatic hydroxyl groups is 1. The van der Waals surface area contributed by atoms with Gasteiger partial charge in [0, 0.05) is 50.8 Å². The number of benzene rings is 3. The van der Waals surface area contributed by atoms with Crippen LogP contribution in [0.4, 0.5) is 15.5 Å². The second kappa shape index (κ2) is 13.4. The van der Waals surface area contributed by atoms with Crippen molar-refractivity contribution in [3.63, 3.8) is 0 Å². The maximum absolute atomic E-state index is 16.3. The molecular weight excluding hydrogens is 719 g/mol. The highest BCUT2D eigenvalue weighted by atomic mass is 79.9. The molecule has 4 heterocycles. The van der Waals surface area contributed by atoms with Crippen LogP contribution in [0.3, 0.4) is 0 Å². The van der Waals surface area contributed by atoms with Gasteiger partial charge in [-0.1, -0.05) is 53.2 Å². The standard InChI is InChI=1S/C38H42BrFN4O5Si/c1-23-36(50(2,3)40)33(19-35(47)43-15-7-10-28(43)22-45)49-38(23)30-18-26(39)13-14-32(30)44(37(38)48)21-24-8-6-9-27(16-24)42-34(46)17-25-20-41-31-12-5-4-11-29(25)31/h4-6,8-9,11-14,16,18,20,23,28,33,36,41,45H,7,10,15,17,19,21-22H2,1-3H3,(H,42,46)/t23-,28-,33+,36-,38+/m0/s1. The predicted molar refractivity (Wildman–Crippen MR) is 197 cm³/mol. The van der Waals surface area contributed by atoms with E-state index in [0.717, 1.165) is 39.3 Å². The maximum Gasteiger partial charge on any atom is 0.264 e. The molecule has 50 heavy (non-hydrogen) atoms. The number of aromatic amines is 1. The predicted octanol–water partition coefficient (Wildman–Crippen LogP) is 6.81. The van der Waals surface area contributed by atoms with Gasteiger partial charge >= 0.3 is 0 Å². The summed E-state index contributed by atoms with van der Waals surface area (Å²) in [6.07, 6.45) is 2.74. The number of fused-ring (bicyclic) bond motifs is 3. The first-order chi connectivity index (χ1) is 23.9. The first-order valence-corrected chi connectivity index (χ1v) is 21.0. The number of para-hydroxylation sites is 1. The number of ether oxygens (including phenoxy) is 1. The summed E-state index contributed by atoms with van der Waals surface area (Å²) in [6.45, 7) is 5.76. The van der Waals surface area contributed by atoms with E-state index in [2.05, 4.69) is 26.2 Å². The van der Waals surface area contributed by atoms with Crippen LogP contribution in [0.5, 0.6) is 0 Å². The Morgan fingerprint density at radius 3 is 2.72 bits per heavy atom. The van der Waals surface area contributed by atoms with Crippen LogP contribution in [-0.4, -0.2) is 66.4 Å². The molecule has 5 atom stereocenters. The summed E-state index contributed by atoms with van der Waals surface area (Å²) < 4.78 is 23.8. The molecule has 0 unspecified atom stereocenters. The van der Waals surface area contributed by atoms with Crippen LogP contribution < -0.4 is 10.2 Å². The minimum atomic E-state index is -3.47. The van der Waals surface area contributed by atoms with E-state index < -0.39 is 31.6 Å². The third-order valence-electron chi connectivity index (χ3n) is 10.8. The summed E-state index contributed by atoms with van der Waals surface area (Å²) in [5.41, 5.74) is 2.52. The molecule has 4 aromatic rings. The average molecular weight is 762 g/mol. The fourth-order valence-electron chi connectivity index (χ4n) is 8.61. The molecule has 0 bridgehead atoms. The van der Waals surface area contributed by atoms with E-state index in [-0.39, 0.29) is 49.8 Å². The second-order valence-electron chi connectivity index (χ2n) is 14.4. The lowest BCUT2D eigenvalue weighted by Crippen LogP contribution is -2.45. The molecule has 1 aromatic heterocycles. The van der Waals surface area contributed by atoms with Crippen molar-refractivity contribution in [2.24, 2.45) is 5.92 Å². The second-order valence-corrected chi connectivity index (χ2v) is 19.1. The zero-order valence-electron chi connectivity index (χ0n) is 28.4. The smallest absolute Gasteiger partial charge is 0.264 e. The van der Waals surface area contributed by atoms with Crippen molar-refractivity contribution < 1.29 is 28.3 Å². The number of halogens is 2. The van der Waals surface area contributed by atoms with Crippen molar-refractivity contribution in [3.8, 4) is 0 Å². The largest absolute Gasteiger partial charge is 0.394 e. The lowest BCUT2D eigenvalue weighted by molar-refractivity contribution is -0.150. The van der Waals surface area contributed by atoms with Gasteiger partial charge < -0.3 is 34.1 Å². The van der Waals surface area contributed by atoms with E-state index in [0.29, 0.717) is 23.5 Å². The molecule has 3 amide bonds. The molecular formula is C38H42BrFN4O5Si. The molecule has 2 fully saturated rings. The van der Waals surface area contributed by atoms with E-state index in [4.69, 9.17) is 4.74 Å². The molecule has 9 nitrogen and oxygen atoms in total. The quantitative estimate of drug-likeness (QED) is 0.128. The monoisotopic (exact) mass is 760 g/mol. The van der Waals surface area contributed by atoms with Crippen LogP contribution in [0.25, 0.3) is 10.9 Å². The van der Waals surface area contributed by atoms with Crippen LogP contribution in [0.15, 0.2) is 77.4 Å². The van der Waals surface area contributed by atoms with Gasteiger partial charge in [-0.25, -0.2) is 0 Å². The Hall–Kier alpha value is -3.84. The van der Waals surface area contributed by atoms with Crippen LogP contribution in [0.1, 0.15) is 42.9 Å². The number of aromatic nitrogens is 1. The van der Waals surface area contributed by atoms with Gasteiger partial charge in [-0.15, -0.1) is 0 Å². The van der Waals surface area contributed by atoms with Gasteiger partial charge in [0.1, 0.15) is 0 Å². The number of anilines is 2. The third-order valence-corrected chi connectivity index (χ3v) is 13.7. The van der Waals surface area contributed by atoms with Gasteiger partial charge in [-0.2, -0.15) is 0 Å². The number of H-pyrrole nitrogens is 1. The number of hydrogen-bond donors (Lipinski definition) is 3. The SMILES string of the molecule is C[C@H]1[C@H]([Si](C)(C)F)[C@@H](CC(=O)N2CCC[C@H]2CO)O[C@]12C(=O)N(Cc1cccc(NC(=O)Cc3c[nH]c4ccccc34)c1)c1ccc(Br)cc12. The van der Waals surface area contributed by atoms with Gasteiger partial charge in [0.05, 0.1) is 43.8 Å². The van der Waals surface area contributed by atoms with E-state index in [9.17, 15) is 19.5 Å². The maximum atomic E-state index is 16.3. The Bertz CT molecular complexity index is 1960. The van der Waals surface area contributed by atoms with Crippen LogP contribution in [0.2, 0.25) is 18.6 Å². The summed E-state index contributed by atoms with van der Waals surface area (Å²) in [4.78, 5) is 48.1. The first kappa shape index (κ1) is 34.6. The lowest BCUT2D eigenvalue weighted by Gasteiger charge is -2.31. The number of likely N-dealkylation sites (tertiary alicyclic amines) is 1. The Kier molecular flexibility index (Phi) is 9.25. The molecule has 1 spiro atoms. The topological polar surface area (TPSA) is 115 Å². The highest BCUT2D eigenvalue weighted by molar-refractivity contribution is 9.10. The Morgan fingerprint density at radius 2 is 1.94 bits per heavy atom. The number of rotatable bonds is 9. The molecule has 0 saturated carbocycles. The summed E-state index contributed by atoms with van der Waals surface area (Å²) in [6, 6.07) is 20.6. The molecule has 7 rings (SSSR count). The summed E-state index contributed by atoms with van der Waals surface area (Å²) >= 11 is 3.58. The van der Waals surface area contributed by atoms with Gasteiger partial charge in [-0.3, -0.25) is 14.4 Å². The van der Waals surface area contributed by atoms with E-state index in [1.807, 2.05) is 79.9 Å². The van der Waals surface area contributed by atoms with Crippen LogP contribution in [-0.2, 0) is 37.7 Å². The Morgan fingerprint density at radius 1 is 1.14 bits per heavy atom. The zero-order chi connectivity index (χ0) is 35.4. The normalized spacial score (nSPS) is 24.8. The van der Waals surface area contributed by atoms with Crippen molar-refractivity contribution in [2.75, 3.05) is 23.4 Å². The van der Waals surface area contributed by atoms with E-state index >= 15 is 4.11 Å². The van der Waals surface area contributed by atoms with Crippen molar-refractivity contribution >= 4 is 64.3 Å². The molecule has 0 aliphatic carbocycles. The van der Waals surface area contributed by atoms with Gasteiger partial charge in [0.15, 0.2) is 5.60 Å². The minimum Gasteiger partial charge on any atom is -0.394 e. The summed E-state index contributed by atoms with van der Waals surface area (Å²) in [5, 5.41) is 13.9. The number of nitrogens with one attached hydrogen (secondary N) is 2. The molecule has 2 saturated heterocycles. The number of carbonyl (C=O) groups excluding carboxylic acids is 3. The van der Waals surface area contributed by atoms with Crippen LogP contribution >= 0.6 is 15.9 Å². The number of hydrogen-bond acceptors (Lipinski definition) is 5. The van der Waals surface area contributed by atoms with E-state index in [1.54, 1.807) is 22.9 Å². The van der Waals surface area contributed by atoms with Crippen molar-refractivity contribution in [3.05, 3.63) is 94.1 Å². The Labute approximate surface area is 300 Å². The average Bonchev–Trinajstić information content (AvgIpc) is 3.83. The zero-order valence-corrected chi connectivity index (χ0v) is 31.0. The van der Waals surface area contributed by atoms with Crippen molar-refractivity contribution in [1.29, 1.82) is 0 Å². The van der Waals surface area contributed by atoms with Crippen LogP contribution in [0, 0.1) is 5.92 Å². The lowest BCUT2D eigenvalue weighted by atomic mass is 9.82. The number of amides is 3. The third kappa shape index (κ3) is 6.10. The fraction of sp³-hybridized carbons (Fsp3) is 0.395. The molecule has 3 aliphatic rings. The minimum absolute atomic E-state index is 0.0511. The summed E-state index contributed by atoms with van der Waals surface area (Å²) in [7, 11) is -3.47. The summed E-state index contributed by atoms with van der Waals surface area (Å²) in [5.74, 6) is -1.17. The highest BCUT2D eigenvalue weighted by Crippen LogP contribution is 2.60. The first-order valence-electron chi connectivity index (χ1n) is 17.2. The van der Waals surface area contributed by atoms with E-state index in [1.165, 1.54) is 0 Å². The number of aliphatic hydroxyl groups excluding tert-OH is 1. The van der Waals surface area contributed by atoms with Crippen molar-refractivity contribution in [1.82, 2.24) is 9.88 Å². The Balaban J connectivity index is 1.15. The molecule has 0 radical (unpaired) electrons. The van der Waals surface area contributed by atoms with Gasteiger partial charge in [0.2, 0.25) is 20.2 Å².